The monoisotopic (exact) mass is 306 g/mol. The van der Waals surface area contributed by atoms with E-state index in [4.69, 9.17) is 5.11 Å². The van der Waals surface area contributed by atoms with E-state index in [0.717, 1.165) is 0 Å². The van der Waals surface area contributed by atoms with Crippen LogP contribution in [-0.4, -0.2) is 52.4 Å². The summed E-state index contributed by atoms with van der Waals surface area (Å²) in [6, 6.07) is 0. The van der Waals surface area contributed by atoms with Gasteiger partial charge in [-0.25, -0.2) is 4.79 Å². The van der Waals surface area contributed by atoms with E-state index >= 15 is 0 Å². The zero-order valence-electron chi connectivity index (χ0n) is 10.1. The Morgan fingerprint density at radius 1 is 1.45 bits per heavy atom. The average molecular weight is 306 g/mol. The first kappa shape index (κ1) is 16.8. The molecule has 0 aromatic heterocycles. The molecule has 1 aliphatic heterocycles. The van der Waals surface area contributed by atoms with E-state index < -0.39 is 42.2 Å². The van der Waals surface area contributed by atoms with Gasteiger partial charge in [-0.2, -0.15) is 22.0 Å². The number of halogens is 5. The Bertz CT molecular complexity index is 419. The van der Waals surface area contributed by atoms with Crippen molar-refractivity contribution in [3.8, 4) is 0 Å². The van der Waals surface area contributed by atoms with Crippen LogP contribution in [-0.2, 0) is 14.3 Å². The summed E-state index contributed by atoms with van der Waals surface area (Å²) in [5.41, 5.74) is -3.40. The Labute approximate surface area is 109 Å². The summed E-state index contributed by atoms with van der Waals surface area (Å²) >= 11 is 0. The molecule has 0 aliphatic carbocycles. The summed E-state index contributed by atoms with van der Waals surface area (Å²) in [5, 5.41) is 18.6. The van der Waals surface area contributed by atoms with Crippen molar-refractivity contribution in [2.24, 2.45) is 0 Å². The maximum absolute atomic E-state index is 13.6. The highest BCUT2D eigenvalue weighted by molar-refractivity contribution is 5.81. The molecule has 1 saturated heterocycles. The minimum atomic E-state index is -5.86. The van der Waals surface area contributed by atoms with Crippen molar-refractivity contribution >= 4 is 5.97 Å². The van der Waals surface area contributed by atoms with E-state index in [1.807, 2.05) is 0 Å². The fourth-order valence-corrected chi connectivity index (χ4v) is 1.60. The first-order valence-corrected chi connectivity index (χ1v) is 5.17. The van der Waals surface area contributed by atoms with E-state index in [1.165, 1.54) is 0 Å². The molecule has 1 aliphatic rings. The summed E-state index contributed by atoms with van der Waals surface area (Å²) in [5.74, 6) is -11.1. The lowest BCUT2D eigenvalue weighted by atomic mass is 9.90. The fraction of sp³-hybridized carbons (Fsp3) is 0.700. The summed E-state index contributed by atoms with van der Waals surface area (Å²) in [6.45, 7) is 2.20. The predicted molar refractivity (Wildman–Crippen MR) is 52.6 cm³/mol. The molecule has 0 spiro atoms. The molecule has 116 valence electrons. The van der Waals surface area contributed by atoms with Crippen LogP contribution in [0.1, 0.15) is 6.92 Å². The molecule has 0 saturated carbocycles. The van der Waals surface area contributed by atoms with Crippen LogP contribution < -0.4 is 0 Å². The van der Waals surface area contributed by atoms with Gasteiger partial charge in [0.15, 0.2) is 5.60 Å². The normalized spacial score (nSPS) is 36.7. The van der Waals surface area contributed by atoms with Crippen molar-refractivity contribution in [2.75, 3.05) is 6.61 Å². The smallest absolute Gasteiger partial charge is 0.449 e. The van der Waals surface area contributed by atoms with Gasteiger partial charge in [0.05, 0.1) is 0 Å². The molecule has 20 heavy (non-hydrogen) atoms. The zero-order valence-corrected chi connectivity index (χ0v) is 10.1. The van der Waals surface area contributed by atoms with Gasteiger partial charge in [-0.15, -0.1) is 0 Å². The summed E-state index contributed by atoms with van der Waals surface area (Å²) < 4.78 is 72.9. The molecular formula is C10H11F5O5. The number of alkyl halides is 5. The predicted octanol–water partition coefficient (Wildman–Crippen LogP) is 0.752. The van der Waals surface area contributed by atoms with Crippen molar-refractivity contribution < 1.29 is 46.4 Å². The van der Waals surface area contributed by atoms with Crippen LogP contribution in [0.5, 0.6) is 0 Å². The van der Waals surface area contributed by atoms with Gasteiger partial charge < -0.3 is 19.7 Å². The average Bonchev–Trinajstić information content (AvgIpc) is 2.44. The van der Waals surface area contributed by atoms with Gasteiger partial charge in [-0.1, -0.05) is 6.58 Å². The number of aliphatic hydroxyl groups is 2. The summed E-state index contributed by atoms with van der Waals surface area (Å²) in [4.78, 5) is 10.7. The van der Waals surface area contributed by atoms with Crippen LogP contribution in [0.15, 0.2) is 12.7 Å². The summed E-state index contributed by atoms with van der Waals surface area (Å²) in [6.07, 6.45) is -7.51. The number of rotatable bonds is 3. The second-order valence-electron chi connectivity index (χ2n) is 4.30. The minimum Gasteiger partial charge on any atom is -0.460 e. The molecule has 5 nitrogen and oxygen atoms in total. The first-order chi connectivity index (χ1) is 8.81. The Morgan fingerprint density at radius 2 is 1.95 bits per heavy atom. The molecule has 0 amide bonds. The maximum atomic E-state index is 13.6. The van der Waals surface area contributed by atoms with Crippen molar-refractivity contribution in [1.29, 1.82) is 0 Å². The van der Waals surface area contributed by atoms with Crippen LogP contribution in [0.4, 0.5) is 22.0 Å². The third-order valence-corrected chi connectivity index (χ3v) is 2.93. The van der Waals surface area contributed by atoms with Crippen LogP contribution >= 0.6 is 0 Å². The minimum absolute atomic E-state index is 0.336. The molecule has 10 heteroatoms. The van der Waals surface area contributed by atoms with Crippen molar-refractivity contribution in [2.45, 2.75) is 36.5 Å². The molecule has 3 unspecified atom stereocenters. The van der Waals surface area contributed by atoms with Crippen LogP contribution in [0.25, 0.3) is 0 Å². The highest BCUT2D eigenvalue weighted by Crippen LogP contribution is 2.55. The van der Waals surface area contributed by atoms with E-state index in [2.05, 4.69) is 16.1 Å². The second kappa shape index (κ2) is 4.64. The number of hydrogen-bond acceptors (Lipinski definition) is 5. The Balaban J connectivity index is 3.08. The van der Waals surface area contributed by atoms with E-state index in [1.54, 1.807) is 0 Å². The van der Waals surface area contributed by atoms with Gasteiger partial charge in [-0.05, 0) is 6.92 Å². The van der Waals surface area contributed by atoms with Crippen LogP contribution in [0, 0.1) is 0 Å². The molecule has 0 aromatic carbocycles. The van der Waals surface area contributed by atoms with Gasteiger partial charge in [0.2, 0.25) is 0 Å². The molecule has 1 rings (SSSR count). The largest absolute Gasteiger partial charge is 0.460 e. The van der Waals surface area contributed by atoms with Crippen molar-refractivity contribution in [3.05, 3.63) is 12.7 Å². The van der Waals surface area contributed by atoms with Gasteiger partial charge in [0, 0.05) is 6.08 Å². The molecule has 0 aromatic rings. The molecule has 2 N–H and O–H groups in total. The molecule has 1 heterocycles. The van der Waals surface area contributed by atoms with Gasteiger partial charge in [0.25, 0.3) is 0 Å². The van der Waals surface area contributed by atoms with E-state index in [0.29, 0.717) is 13.0 Å². The van der Waals surface area contributed by atoms with Crippen molar-refractivity contribution in [3.63, 3.8) is 0 Å². The van der Waals surface area contributed by atoms with Crippen LogP contribution in [0.3, 0.4) is 0 Å². The third-order valence-electron chi connectivity index (χ3n) is 2.93. The third kappa shape index (κ3) is 2.17. The quantitative estimate of drug-likeness (QED) is 0.457. The highest BCUT2D eigenvalue weighted by atomic mass is 19.4. The van der Waals surface area contributed by atoms with Crippen molar-refractivity contribution in [1.82, 2.24) is 0 Å². The lowest BCUT2D eigenvalue weighted by Crippen LogP contribution is -2.62. The number of carbonyl (C=O) groups is 1. The fourth-order valence-electron chi connectivity index (χ4n) is 1.60. The molecular weight excluding hydrogens is 295 g/mol. The molecule has 3 atom stereocenters. The van der Waals surface area contributed by atoms with E-state index in [-0.39, 0.29) is 0 Å². The van der Waals surface area contributed by atoms with Gasteiger partial charge >= 0.3 is 23.9 Å². The molecule has 1 fully saturated rings. The number of ether oxygens (including phenoxy) is 2. The van der Waals surface area contributed by atoms with E-state index in [9.17, 15) is 31.9 Å². The number of carbonyl (C=O) groups excluding carboxylic acids is 1. The molecule has 0 bridgehead atoms. The second-order valence-corrected chi connectivity index (χ2v) is 4.30. The van der Waals surface area contributed by atoms with Gasteiger partial charge in [0.1, 0.15) is 12.7 Å². The SMILES string of the molecule is C=CC(=O)OCC1OC(O)(C(F)(F)F)C(F)(F)C1(C)O. The highest BCUT2D eigenvalue weighted by Gasteiger charge is 2.83. The molecule has 0 radical (unpaired) electrons. The maximum Gasteiger partial charge on any atom is 0.449 e. The Morgan fingerprint density at radius 3 is 2.30 bits per heavy atom. The zero-order chi connectivity index (χ0) is 16.0. The topological polar surface area (TPSA) is 76.0 Å². The lowest BCUT2D eigenvalue weighted by molar-refractivity contribution is -0.412. The standard InChI is InChI=1S/C10H11F5O5/c1-3-6(16)19-4-5-7(2,17)8(11,12)9(18,20-5)10(13,14)15/h3,5,17-18H,1,4H2,2H3. The first-order valence-electron chi connectivity index (χ1n) is 5.17. The summed E-state index contributed by atoms with van der Waals surface area (Å²) in [7, 11) is 0. The Hall–Kier alpha value is -1.26. The Kier molecular flexibility index (Phi) is 3.89. The number of esters is 1. The van der Waals surface area contributed by atoms with Crippen LogP contribution in [0.2, 0.25) is 0 Å². The lowest BCUT2D eigenvalue weighted by Gasteiger charge is -2.33. The van der Waals surface area contributed by atoms with Gasteiger partial charge in [-0.3, -0.25) is 0 Å². The number of hydrogen-bond donors (Lipinski definition) is 2.